The fraction of sp³-hybridized carbons (Fsp3) is 0.231. The van der Waals surface area contributed by atoms with E-state index in [1.165, 1.54) is 0 Å². The summed E-state index contributed by atoms with van der Waals surface area (Å²) in [4.78, 5) is 21.2. The summed E-state index contributed by atoms with van der Waals surface area (Å²) in [5.41, 5.74) is 9.60. The van der Waals surface area contributed by atoms with Crippen molar-refractivity contribution in [2.45, 2.75) is 18.9 Å². The maximum Gasteiger partial charge on any atom is 0.248 e. The molecule has 4 N–H and O–H groups in total. The molecule has 35 heavy (non-hydrogen) atoms. The maximum absolute atomic E-state index is 12.0. The van der Waals surface area contributed by atoms with Crippen LogP contribution in [0.2, 0.25) is 0 Å². The molecule has 0 saturated carbocycles. The van der Waals surface area contributed by atoms with Crippen LogP contribution in [0.4, 0.5) is 11.6 Å². The van der Waals surface area contributed by atoms with Gasteiger partial charge in [-0.3, -0.25) is 9.48 Å². The Kier molecular flexibility index (Phi) is 6.04. The predicted octanol–water partition coefficient (Wildman–Crippen LogP) is 2.98. The van der Waals surface area contributed by atoms with E-state index >= 15 is 0 Å². The van der Waals surface area contributed by atoms with Crippen molar-refractivity contribution >= 4 is 28.4 Å². The average Bonchev–Trinajstić information content (AvgIpc) is 3.31. The van der Waals surface area contributed by atoms with Crippen molar-refractivity contribution in [2.75, 3.05) is 18.4 Å². The zero-order valence-corrected chi connectivity index (χ0v) is 19.3. The molecule has 9 nitrogen and oxygen atoms in total. The SMILES string of the molecule is C#Cc1cc(OC2CCNCC2)c2nc(Nc3cc(C(N)=O)cc(-c4cnn(C)c4)c3)ncc2c1. The van der Waals surface area contributed by atoms with Crippen molar-refractivity contribution in [1.29, 1.82) is 0 Å². The van der Waals surface area contributed by atoms with Crippen LogP contribution in [-0.4, -0.2) is 44.8 Å². The third-order valence-electron chi connectivity index (χ3n) is 5.91. The first-order valence-corrected chi connectivity index (χ1v) is 11.3. The minimum Gasteiger partial charge on any atom is -0.488 e. The van der Waals surface area contributed by atoms with E-state index in [9.17, 15) is 4.79 Å². The highest BCUT2D eigenvalue weighted by Crippen LogP contribution is 2.30. The maximum atomic E-state index is 12.0. The normalized spacial score (nSPS) is 13.9. The second-order valence-electron chi connectivity index (χ2n) is 8.51. The van der Waals surface area contributed by atoms with Gasteiger partial charge in [-0.2, -0.15) is 5.10 Å². The Morgan fingerprint density at radius 3 is 2.74 bits per heavy atom. The number of carbonyl (C=O) groups is 1. The van der Waals surface area contributed by atoms with Crippen molar-refractivity contribution in [3.63, 3.8) is 0 Å². The molecule has 0 aliphatic carbocycles. The Morgan fingerprint density at radius 2 is 2.03 bits per heavy atom. The summed E-state index contributed by atoms with van der Waals surface area (Å²) in [6.45, 7) is 1.82. The van der Waals surface area contributed by atoms with Crippen molar-refractivity contribution in [3.05, 3.63) is 60.0 Å². The van der Waals surface area contributed by atoms with Crippen LogP contribution in [-0.2, 0) is 7.05 Å². The molecule has 0 atom stereocenters. The molecule has 1 amide bonds. The molecule has 0 radical (unpaired) electrons. The molecular weight excluding hydrogens is 442 g/mol. The smallest absolute Gasteiger partial charge is 0.248 e. The van der Waals surface area contributed by atoms with Gasteiger partial charge in [-0.15, -0.1) is 6.42 Å². The van der Waals surface area contributed by atoms with E-state index < -0.39 is 5.91 Å². The van der Waals surface area contributed by atoms with E-state index in [2.05, 4.69) is 26.6 Å². The number of rotatable bonds is 6. The summed E-state index contributed by atoms with van der Waals surface area (Å²) in [5, 5.41) is 11.5. The van der Waals surface area contributed by atoms with Crippen molar-refractivity contribution in [2.24, 2.45) is 12.8 Å². The van der Waals surface area contributed by atoms with Crippen LogP contribution in [0.5, 0.6) is 5.75 Å². The lowest BCUT2D eigenvalue weighted by Gasteiger charge is -2.24. The fourth-order valence-electron chi connectivity index (χ4n) is 4.15. The van der Waals surface area contributed by atoms with E-state index in [1.807, 2.05) is 31.4 Å². The molecule has 4 aromatic rings. The highest BCUT2D eigenvalue weighted by Gasteiger charge is 2.18. The first kappa shape index (κ1) is 22.4. The van der Waals surface area contributed by atoms with Crippen LogP contribution in [0.15, 0.2) is 48.9 Å². The number of aryl methyl sites for hydroxylation is 1. The van der Waals surface area contributed by atoms with Gasteiger partial charge in [-0.1, -0.05) is 5.92 Å². The lowest BCUT2D eigenvalue weighted by atomic mass is 10.0. The molecule has 9 heteroatoms. The number of amides is 1. The number of carbonyl (C=O) groups excluding carboxylic acids is 1. The van der Waals surface area contributed by atoms with E-state index in [4.69, 9.17) is 21.9 Å². The van der Waals surface area contributed by atoms with Gasteiger partial charge in [0.15, 0.2) is 0 Å². The zero-order chi connectivity index (χ0) is 24.4. The molecule has 0 bridgehead atoms. The number of nitrogens with one attached hydrogen (secondary N) is 2. The molecule has 1 aliphatic heterocycles. The Balaban J connectivity index is 1.51. The third-order valence-corrected chi connectivity index (χ3v) is 5.91. The molecule has 1 fully saturated rings. The van der Waals surface area contributed by atoms with Gasteiger partial charge in [0.25, 0.3) is 0 Å². The third kappa shape index (κ3) is 4.93. The topological polar surface area (TPSA) is 120 Å². The molecule has 1 saturated heterocycles. The molecule has 5 rings (SSSR count). The number of anilines is 2. The largest absolute Gasteiger partial charge is 0.488 e. The van der Waals surface area contributed by atoms with Crippen molar-refractivity contribution in [1.82, 2.24) is 25.1 Å². The lowest BCUT2D eigenvalue weighted by molar-refractivity contribution is 0.100. The summed E-state index contributed by atoms with van der Waals surface area (Å²) in [5.74, 6) is 3.14. The number of nitrogens with two attached hydrogens (primary N) is 1. The minimum absolute atomic E-state index is 0.0909. The number of benzene rings is 2. The van der Waals surface area contributed by atoms with Crippen LogP contribution in [0.25, 0.3) is 22.0 Å². The number of ether oxygens (including phenoxy) is 1. The summed E-state index contributed by atoms with van der Waals surface area (Å²) in [7, 11) is 1.83. The van der Waals surface area contributed by atoms with Crippen LogP contribution < -0.4 is 21.1 Å². The van der Waals surface area contributed by atoms with Crippen LogP contribution in [0.1, 0.15) is 28.8 Å². The lowest BCUT2D eigenvalue weighted by Crippen LogP contribution is -2.34. The van der Waals surface area contributed by atoms with E-state index in [0.29, 0.717) is 34.0 Å². The molecule has 2 aromatic heterocycles. The first-order valence-electron chi connectivity index (χ1n) is 11.3. The Bertz CT molecular complexity index is 1450. The highest BCUT2D eigenvalue weighted by atomic mass is 16.5. The van der Waals surface area contributed by atoms with Crippen LogP contribution in [0.3, 0.4) is 0 Å². The molecule has 176 valence electrons. The predicted molar refractivity (Wildman–Crippen MR) is 134 cm³/mol. The summed E-state index contributed by atoms with van der Waals surface area (Å²) in [6.07, 6.45) is 12.9. The van der Waals surface area contributed by atoms with Crippen molar-refractivity contribution < 1.29 is 9.53 Å². The number of hydrogen-bond acceptors (Lipinski definition) is 7. The van der Waals surface area contributed by atoms with Gasteiger partial charge in [-0.25, -0.2) is 9.97 Å². The molecular formula is C26H25N7O2. The number of nitrogens with zero attached hydrogens (tertiary/aromatic N) is 4. The highest BCUT2D eigenvalue weighted by molar-refractivity contribution is 5.96. The Hall–Kier alpha value is -4.42. The zero-order valence-electron chi connectivity index (χ0n) is 19.3. The average molecular weight is 468 g/mol. The van der Waals surface area contributed by atoms with Crippen LogP contribution in [0, 0.1) is 12.3 Å². The van der Waals surface area contributed by atoms with E-state index in [1.54, 1.807) is 29.2 Å². The molecule has 3 heterocycles. The number of hydrogen-bond donors (Lipinski definition) is 3. The Morgan fingerprint density at radius 1 is 1.20 bits per heavy atom. The van der Waals surface area contributed by atoms with E-state index in [-0.39, 0.29) is 6.10 Å². The number of primary amides is 1. The van der Waals surface area contributed by atoms with E-state index in [0.717, 1.165) is 42.4 Å². The van der Waals surface area contributed by atoms with Gasteiger partial charge in [0.2, 0.25) is 11.9 Å². The van der Waals surface area contributed by atoms with Gasteiger partial charge in [-0.05, 0) is 61.8 Å². The number of fused-ring (bicyclic) bond motifs is 1. The quantitative estimate of drug-likeness (QED) is 0.373. The number of piperidine rings is 1. The van der Waals surface area contributed by atoms with Gasteiger partial charge in [0.05, 0.1) is 6.20 Å². The van der Waals surface area contributed by atoms with Gasteiger partial charge in [0.1, 0.15) is 17.4 Å². The molecule has 0 unspecified atom stereocenters. The molecule has 0 spiro atoms. The summed E-state index contributed by atoms with van der Waals surface area (Å²) < 4.78 is 8.02. The van der Waals surface area contributed by atoms with Crippen LogP contribution >= 0.6 is 0 Å². The summed E-state index contributed by atoms with van der Waals surface area (Å²) in [6, 6.07) is 9.00. The molecule has 1 aliphatic rings. The van der Waals surface area contributed by atoms with Gasteiger partial charge >= 0.3 is 0 Å². The number of terminal acetylenes is 1. The van der Waals surface area contributed by atoms with Gasteiger partial charge in [0, 0.05) is 47.2 Å². The van der Waals surface area contributed by atoms with Crippen molar-refractivity contribution in [3.8, 4) is 29.2 Å². The van der Waals surface area contributed by atoms with Gasteiger partial charge < -0.3 is 21.1 Å². The molecule has 2 aromatic carbocycles. The monoisotopic (exact) mass is 467 g/mol. The fourth-order valence-corrected chi connectivity index (χ4v) is 4.15. The second-order valence-corrected chi connectivity index (χ2v) is 8.51. The number of aromatic nitrogens is 4. The minimum atomic E-state index is -0.530. The second kappa shape index (κ2) is 9.44. The Labute approximate surface area is 202 Å². The first-order chi connectivity index (χ1) is 17.0. The summed E-state index contributed by atoms with van der Waals surface area (Å²) >= 11 is 0. The standard InChI is InChI=1S/C26H25N7O2/c1-3-16-8-19-13-29-26(32-24(19)23(9-16)35-22-4-6-28-7-5-22)31-21-11-17(10-18(12-21)25(27)34)20-14-30-33(2)15-20/h1,8-15,22,28H,4-7H2,2H3,(H2,27,34)(H,29,31,32).